The first kappa shape index (κ1) is 11.5. The number of hydrogen-bond acceptors (Lipinski definition) is 5. The zero-order valence-electron chi connectivity index (χ0n) is 8.69. The SMILES string of the molecule is Nc1nc(N)nc(Cc2c(F)cccc2Cl)n1. The summed E-state index contributed by atoms with van der Waals surface area (Å²) in [5.41, 5.74) is 11.1. The van der Waals surface area contributed by atoms with Crippen LogP contribution in [0.5, 0.6) is 0 Å². The van der Waals surface area contributed by atoms with E-state index in [2.05, 4.69) is 15.0 Å². The Balaban J connectivity index is 2.38. The first-order valence-electron chi connectivity index (χ1n) is 4.75. The lowest BCUT2D eigenvalue weighted by atomic mass is 10.1. The average Bonchev–Trinajstić information content (AvgIpc) is 2.22. The second-order valence-electron chi connectivity index (χ2n) is 3.35. The number of anilines is 2. The van der Waals surface area contributed by atoms with Crippen LogP contribution < -0.4 is 11.5 Å². The minimum atomic E-state index is -0.421. The summed E-state index contributed by atoms with van der Waals surface area (Å²) < 4.78 is 13.5. The van der Waals surface area contributed by atoms with Crippen molar-refractivity contribution in [3.63, 3.8) is 0 Å². The molecule has 0 unspecified atom stereocenters. The molecular weight excluding hydrogens is 245 g/mol. The first-order valence-corrected chi connectivity index (χ1v) is 5.13. The fourth-order valence-electron chi connectivity index (χ4n) is 1.40. The van der Waals surface area contributed by atoms with Crippen molar-refractivity contribution in [2.75, 3.05) is 11.5 Å². The molecule has 5 nitrogen and oxygen atoms in total. The van der Waals surface area contributed by atoms with Crippen molar-refractivity contribution < 1.29 is 4.39 Å². The summed E-state index contributed by atoms with van der Waals surface area (Å²) in [6.07, 6.45) is 0.114. The molecule has 1 aromatic heterocycles. The maximum absolute atomic E-state index is 13.5. The quantitative estimate of drug-likeness (QED) is 0.845. The minimum absolute atomic E-state index is 0.0000354. The molecule has 7 heteroatoms. The van der Waals surface area contributed by atoms with E-state index in [1.54, 1.807) is 6.07 Å². The number of aromatic nitrogens is 3. The number of halogens is 2. The van der Waals surface area contributed by atoms with Gasteiger partial charge in [-0.3, -0.25) is 0 Å². The summed E-state index contributed by atoms with van der Waals surface area (Å²) in [5, 5.41) is 0.308. The largest absolute Gasteiger partial charge is 0.368 e. The van der Waals surface area contributed by atoms with Crippen LogP contribution in [0, 0.1) is 5.82 Å². The predicted molar refractivity (Wildman–Crippen MR) is 62.9 cm³/mol. The lowest BCUT2D eigenvalue weighted by Gasteiger charge is -2.05. The molecule has 0 aliphatic heterocycles. The predicted octanol–water partition coefficient (Wildman–Crippen LogP) is 1.42. The van der Waals surface area contributed by atoms with Crippen LogP contribution in [-0.2, 0) is 6.42 Å². The van der Waals surface area contributed by atoms with Crippen LogP contribution in [0.25, 0.3) is 0 Å². The van der Waals surface area contributed by atoms with Crippen molar-refractivity contribution in [1.29, 1.82) is 0 Å². The second-order valence-corrected chi connectivity index (χ2v) is 3.75. The number of rotatable bonds is 2. The van der Waals surface area contributed by atoms with E-state index in [0.717, 1.165) is 0 Å². The van der Waals surface area contributed by atoms with E-state index in [9.17, 15) is 4.39 Å². The van der Waals surface area contributed by atoms with E-state index < -0.39 is 5.82 Å². The van der Waals surface area contributed by atoms with Crippen LogP contribution in [0.4, 0.5) is 16.3 Å². The van der Waals surface area contributed by atoms with Gasteiger partial charge in [0.15, 0.2) is 0 Å². The highest BCUT2D eigenvalue weighted by Gasteiger charge is 2.10. The Labute approximate surface area is 102 Å². The Kier molecular flexibility index (Phi) is 3.06. The highest BCUT2D eigenvalue weighted by atomic mass is 35.5. The van der Waals surface area contributed by atoms with Gasteiger partial charge in [-0.05, 0) is 12.1 Å². The monoisotopic (exact) mass is 253 g/mol. The van der Waals surface area contributed by atoms with Crippen LogP contribution in [0.3, 0.4) is 0 Å². The van der Waals surface area contributed by atoms with Crippen LogP contribution in [0.2, 0.25) is 5.02 Å². The molecule has 0 radical (unpaired) electrons. The molecule has 0 aliphatic carbocycles. The third-order valence-electron chi connectivity index (χ3n) is 2.11. The third-order valence-corrected chi connectivity index (χ3v) is 2.47. The Morgan fingerprint density at radius 3 is 2.35 bits per heavy atom. The molecule has 17 heavy (non-hydrogen) atoms. The van der Waals surface area contributed by atoms with Gasteiger partial charge in [-0.2, -0.15) is 15.0 Å². The Hall–Kier alpha value is -1.95. The number of nitrogen functional groups attached to an aromatic ring is 2. The van der Waals surface area contributed by atoms with Crippen LogP contribution in [0.1, 0.15) is 11.4 Å². The molecule has 0 fully saturated rings. The zero-order chi connectivity index (χ0) is 12.4. The smallest absolute Gasteiger partial charge is 0.225 e. The number of hydrogen-bond donors (Lipinski definition) is 2. The van der Waals surface area contributed by atoms with Crippen molar-refractivity contribution in [3.05, 3.63) is 40.4 Å². The summed E-state index contributed by atoms with van der Waals surface area (Å²) in [6.45, 7) is 0. The van der Waals surface area contributed by atoms with Crippen molar-refractivity contribution in [2.45, 2.75) is 6.42 Å². The molecular formula is C10H9ClFN5. The van der Waals surface area contributed by atoms with Crippen LogP contribution >= 0.6 is 11.6 Å². The van der Waals surface area contributed by atoms with Gasteiger partial charge in [0, 0.05) is 17.0 Å². The molecule has 0 atom stereocenters. The first-order chi connectivity index (χ1) is 8.06. The van der Waals surface area contributed by atoms with Gasteiger partial charge < -0.3 is 11.5 Å². The summed E-state index contributed by atoms with van der Waals surface area (Å²) in [4.78, 5) is 11.4. The van der Waals surface area contributed by atoms with Crippen molar-refractivity contribution in [3.8, 4) is 0 Å². The van der Waals surface area contributed by atoms with Gasteiger partial charge in [0.1, 0.15) is 11.6 Å². The molecule has 1 heterocycles. The van der Waals surface area contributed by atoms with E-state index in [0.29, 0.717) is 10.6 Å². The Morgan fingerprint density at radius 1 is 1.12 bits per heavy atom. The third kappa shape index (κ3) is 2.59. The molecule has 0 saturated heterocycles. The highest BCUT2D eigenvalue weighted by molar-refractivity contribution is 6.31. The molecule has 2 aromatic rings. The van der Waals surface area contributed by atoms with Crippen LogP contribution in [0.15, 0.2) is 18.2 Å². The van der Waals surface area contributed by atoms with E-state index in [1.807, 2.05) is 0 Å². The van der Waals surface area contributed by atoms with Gasteiger partial charge in [-0.25, -0.2) is 4.39 Å². The standard InChI is InChI=1S/C10H9ClFN5/c11-6-2-1-3-7(12)5(6)4-8-15-9(13)17-10(14)16-8/h1-3H,4H2,(H4,13,14,15,16,17). The van der Waals surface area contributed by atoms with Crippen molar-refractivity contribution >= 4 is 23.5 Å². The minimum Gasteiger partial charge on any atom is -0.368 e. The molecule has 4 N–H and O–H groups in total. The zero-order valence-corrected chi connectivity index (χ0v) is 9.45. The molecule has 88 valence electrons. The Bertz CT molecular complexity index is 520. The van der Waals surface area contributed by atoms with Gasteiger partial charge in [0.05, 0.1) is 0 Å². The van der Waals surface area contributed by atoms with Gasteiger partial charge in [-0.1, -0.05) is 17.7 Å². The molecule has 1 aromatic carbocycles. The molecule has 0 amide bonds. The van der Waals surface area contributed by atoms with Crippen LogP contribution in [-0.4, -0.2) is 15.0 Å². The maximum atomic E-state index is 13.5. The Morgan fingerprint density at radius 2 is 1.76 bits per heavy atom. The summed E-state index contributed by atoms with van der Waals surface area (Å²) in [6, 6.07) is 4.43. The van der Waals surface area contributed by atoms with Gasteiger partial charge in [-0.15, -0.1) is 0 Å². The fraction of sp³-hybridized carbons (Fsp3) is 0.100. The fourth-order valence-corrected chi connectivity index (χ4v) is 1.63. The summed E-state index contributed by atoms with van der Waals surface area (Å²) in [5.74, 6) is -0.142. The average molecular weight is 254 g/mol. The lowest BCUT2D eigenvalue weighted by Crippen LogP contribution is -2.08. The van der Waals surface area contributed by atoms with Gasteiger partial charge in [0.2, 0.25) is 11.9 Å². The van der Waals surface area contributed by atoms with Gasteiger partial charge >= 0.3 is 0 Å². The molecule has 0 saturated carbocycles. The molecule has 0 bridgehead atoms. The highest BCUT2D eigenvalue weighted by Crippen LogP contribution is 2.21. The topological polar surface area (TPSA) is 90.7 Å². The van der Waals surface area contributed by atoms with E-state index in [4.69, 9.17) is 23.1 Å². The maximum Gasteiger partial charge on any atom is 0.225 e. The number of benzene rings is 1. The summed E-state index contributed by atoms with van der Waals surface area (Å²) >= 11 is 5.89. The molecule has 0 spiro atoms. The van der Waals surface area contributed by atoms with Crippen molar-refractivity contribution in [2.24, 2.45) is 0 Å². The van der Waals surface area contributed by atoms with E-state index in [1.165, 1.54) is 12.1 Å². The van der Waals surface area contributed by atoms with Gasteiger partial charge in [0.25, 0.3) is 0 Å². The second kappa shape index (κ2) is 4.50. The normalized spacial score (nSPS) is 10.5. The van der Waals surface area contributed by atoms with E-state index in [-0.39, 0.29) is 24.1 Å². The number of nitrogens with zero attached hydrogens (tertiary/aromatic N) is 3. The van der Waals surface area contributed by atoms with E-state index >= 15 is 0 Å². The van der Waals surface area contributed by atoms with Crippen molar-refractivity contribution in [1.82, 2.24) is 15.0 Å². The molecule has 0 aliphatic rings. The summed E-state index contributed by atoms with van der Waals surface area (Å²) in [7, 11) is 0. The number of nitrogens with two attached hydrogens (primary N) is 2. The molecule has 2 rings (SSSR count). The lowest BCUT2D eigenvalue weighted by molar-refractivity contribution is 0.612.